The number of rotatable bonds is 5. The van der Waals surface area contributed by atoms with Crippen LogP contribution in [0.2, 0.25) is 0 Å². The van der Waals surface area contributed by atoms with Crippen LogP contribution in [0.3, 0.4) is 0 Å². The van der Waals surface area contributed by atoms with E-state index in [1.165, 1.54) is 24.1 Å². The first-order valence-electron chi connectivity index (χ1n) is 8.16. The maximum absolute atomic E-state index is 6.00. The Balaban J connectivity index is 1.41. The molecule has 22 heavy (non-hydrogen) atoms. The van der Waals surface area contributed by atoms with Gasteiger partial charge in [0.1, 0.15) is 5.75 Å². The average Bonchev–Trinajstić information content (AvgIpc) is 2.56. The minimum absolute atomic E-state index is 0.669. The van der Waals surface area contributed by atoms with Crippen molar-refractivity contribution in [1.82, 2.24) is 10.2 Å². The Morgan fingerprint density at radius 3 is 2.82 bits per heavy atom. The molecular weight excluding hydrogens is 274 g/mol. The molecule has 0 aromatic heterocycles. The number of nitrogens with one attached hydrogen (secondary N) is 1. The third-order valence-corrected chi connectivity index (χ3v) is 4.44. The van der Waals surface area contributed by atoms with E-state index in [1.807, 2.05) is 18.5 Å². The SMILES string of the molecule is Cc1ccccc1OCC1CCN(CC2=NC=CNC2)CC1. The van der Waals surface area contributed by atoms with Crippen LogP contribution < -0.4 is 10.1 Å². The van der Waals surface area contributed by atoms with Crippen molar-refractivity contribution in [3.05, 3.63) is 42.2 Å². The van der Waals surface area contributed by atoms with E-state index in [4.69, 9.17) is 4.74 Å². The first-order valence-corrected chi connectivity index (χ1v) is 8.16. The summed E-state index contributed by atoms with van der Waals surface area (Å²) >= 11 is 0. The highest BCUT2D eigenvalue weighted by atomic mass is 16.5. The van der Waals surface area contributed by atoms with Gasteiger partial charge in [-0.05, 0) is 50.4 Å². The predicted molar refractivity (Wildman–Crippen MR) is 90.4 cm³/mol. The molecule has 1 N–H and O–H groups in total. The van der Waals surface area contributed by atoms with Crippen LogP contribution in [0.1, 0.15) is 18.4 Å². The second kappa shape index (κ2) is 7.45. The van der Waals surface area contributed by atoms with Gasteiger partial charge in [-0.25, -0.2) is 0 Å². The molecule has 0 bridgehead atoms. The Morgan fingerprint density at radius 2 is 2.09 bits per heavy atom. The van der Waals surface area contributed by atoms with Crippen LogP contribution in [0.25, 0.3) is 0 Å². The van der Waals surface area contributed by atoms with Gasteiger partial charge in [-0.1, -0.05) is 18.2 Å². The number of nitrogens with zero attached hydrogens (tertiary/aromatic N) is 2. The minimum Gasteiger partial charge on any atom is -0.493 e. The molecule has 2 heterocycles. The predicted octanol–water partition coefficient (Wildman–Crippen LogP) is 2.60. The highest BCUT2D eigenvalue weighted by molar-refractivity contribution is 5.89. The first kappa shape index (κ1) is 15.1. The molecule has 2 aliphatic rings. The van der Waals surface area contributed by atoms with Crippen LogP contribution in [0, 0.1) is 12.8 Å². The van der Waals surface area contributed by atoms with Crippen LogP contribution in [0.4, 0.5) is 0 Å². The number of para-hydroxylation sites is 1. The van der Waals surface area contributed by atoms with Crippen molar-refractivity contribution in [2.45, 2.75) is 19.8 Å². The van der Waals surface area contributed by atoms with Gasteiger partial charge in [-0.3, -0.25) is 9.89 Å². The van der Waals surface area contributed by atoms with Gasteiger partial charge in [0.2, 0.25) is 0 Å². The number of aliphatic imine (C=N–C) groups is 1. The second-order valence-corrected chi connectivity index (χ2v) is 6.19. The average molecular weight is 299 g/mol. The van der Waals surface area contributed by atoms with E-state index in [9.17, 15) is 0 Å². The van der Waals surface area contributed by atoms with Gasteiger partial charge in [0.05, 0.1) is 18.9 Å². The van der Waals surface area contributed by atoms with Crippen LogP contribution in [-0.4, -0.2) is 43.4 Å². The van der Waals surface area contributed by atoms with Crippen molar-refractivity contribution >= 4 is 5.71 Å². The largest absolute Gasteiger partial charge is 0.493 e. The minimum atomic E-state index is 0.669. The molecule has 0 radical (unpaired) electrons. The highest BCUT2D eigenvalue weighted by Gasteiger charge is 2.21. The molecular formula is C18H25N3O. The molecule has 0 aliphatic carbocycles. The van der Waals surface area contributed by atoms with E-state index in [1.54, 1.807) is 0 Å². The van der Waals surface area contributed by atoms with E-state index >= 15 is 0 Å². The molecule has 1 aromatic rings. The molecule has 0 spiro atoms. The van der Waals surface area contributed by atoms with E-state index < -0.39 is 0 Å². The Labute approximate surface area is 132 Å². The molecule has 2 aliphatic heterocycles. The normalized spacial score (nSPS) is 19.6. The highest BCUT2D eigenvalue weighted by Crippen LogP contribution is 2.21. The number of aryl methyl sites for hydroxylation is 1. The van der Waals surface area contributed by atoms with E-state index in [2.05, 4.69) is 40.3 Å². The summed E-state index contributed by atoms with van der Waals surface area (Å²) in [7, 11) is 0. The lowest BCUT2D eigenvalue weighted by molar-refractivity contribution is 0.152. The smallest absolute Gasteiger partial charge is 0.122 e. The maximum Gasteiger partial charge on any atom is 0.122 e. The Bertz CT molecular complexity index is 545. The summed E-state index contributed by atoms with van der Waals surface area (Å²) in [4.78, 5) is 6.94. The van der Waals surface area contributed by atoms with Crippen LogP contribution in [0.15, 0.2) is 41.7 Å². The second-order valence-electron chi connectivity index (χ2n) is 6.19. The number of hydrogen-bond donors (Lipinski definition) is 1. The molecule has 3 rings (SSSR count). The monoisotopic (exact) mass is 299 g/mol. The summed E-state index contributed by atoms with van der Waals surface area (Å²) < 4.78 is 6.00. The molecule has 1 fully saturated rings. The summed E-state index contributed by atoms with van der Waals surface area (Å²) in [5.41, 5.74) is 2.45. The molecule has 0 amide bonds. The van der Waals surface area contributed by atoms with Gasteiger partial charge in [-0.15, -0.1) is 0 Å². The summed E-state index contributed by atoms with van der Waals surface area (Å²) in [6, 6.07) is 8.26. The van der Waals surface area contributed by atoms with Gasteiger partial charge in [-0.2, -0.15) is 0 Å². The van der Waals surface area contributed by atoms with Crippen molar-refractivity contribution in [2.24, 2.45) is 10.9 Å². The molecule has 1 saturated heterocycles. The number of benzene rings is 1. The number of piperidine rings is 1. The molecule has 4 nitrogen and oxygen atoms in total. The zero-order valence-electron chi connectivity index (χ0n) is 13.3. The van der Waals surface area contributed by atoms with Crippen LogP contribution >= 0.6 is 0 Å². The molecule has 118 valence electrons. The van der Waals surface area contributed by atoms with Crippen molar-refractivity contribution in [3.63, 3.8) is 0 Å². The van der Waals surface area contributed by atoms with Gasteiger partial charge >= 0.3 is 0 Å². The summed E-state index contributed by atoms with van der Waals surface area (Å²) in [6.45, 7) is 7.10. The zero-order valence-corrected chi connectivity index (χ0v) is 13.3. The van der Waals surface area contributed by atoms with Crippen molar-refractivity contribution < 1.29 is 4.74 Å². The maximum atomic E-state index is 6.00. The lowest BCUT2D eigenvalue weighted by Gasteiger charge is -2.32. The topological polar surface area (TPSA) is 36.9 Å². The van der Waals surface area contributed by atoms with Crippen LogP contribution in [-0.2, 0) is 0 Å². The molecule has 0 saturated carbocycles. The van der Waals surface area contributed by atoms with Gasteiger partial charge in [0.15, 0.2) is 0 Å². The Morgan fingerprint density at radius 1 is 1.27 bits per heavy atom. The number of ether oxygens (including phenoxy) is 1. The third kappa shape index (κ3) is 4.10. The van der Waals surface area contributed by atoms with Crippen molar-refractivity contribution in [3.8, 4) is 5.75 Å². The van der Waals surface area contributed by atoms with E-state index in [0.29, 0.717) is 5.92 Å². The standard InChI is InChI=1S/C18H25N3O/c1-15-4-2-3-5-18(15)22-14-16-6-10-21(11-7-16)13-17-12-19-8-9-20-17/h2-5,8-9,16,19H,6-7,10-14H2,1H3. The van der Waals surface area contributed by atoms with Crippen molar-refractivity contribution in [1.29, 1.82) is 0 Å². The van der Waals surface area contributed by atoms with Crippen molar-refractivity contribution in [2.75, 3.05) is 32.8 Å². The van der Waals surface area contributed by atoms with Gasteiger partial charge in [0, 0.05) is 18.9 Å². The lowest BCUT2D eigenvalue weighted by Crippen LogP contribution is -2.41. The Kier molecular flexibility index (Phi) is 5.11. The fraction of sp³-hybridized carbons (Fsp3) is 0.500. The first-order chi connectivity index (χ1) is 10.8. The third-order valence-electron chi connectivity index (χ3n) is 4.44. The number of likely N-dealkylation sites (tertiary alicyclic amines) is 1. The fourth-order valence-corrected chi connectivity index (χ4v) is 3.01. The summed E-state index contributed by atoms with van der Waals surface area (Å²) in [5, 5.41) is 3.22. The lowest BCUT2D eigenvalue weighted by atomic mass is 9.97. The van der Waals surface area contributed by atoms with Gasteiger partial charge in [0.25, 0.3) is 0 Å². The number of hydrogen-bond acceptors (Lipinski definition) is 4. The fourth-order valence-electron chi connectivity index (χ4n) is 3.01. The summed E-state index contributed by atoms with van der Waals surface area (Å²) in [5.74, 6) is 1.70. The molecule has 4 heteroatoms. The quantitative estimate of drug-likeness (QED) is 0.908. The molecule has 0 atom stereocenters. The van der Waals surface area contributed by atoms with E-state index in [-0.39, 0.29) is 0 Å². The van der Waals surface area contributed by atoms with Crippen LogP contribution in [0.5, 0.6) is 5.75 Å². The summed E-state index contributed by atoms with van der Waals surface area (Å²) in [6.07, 6.45) is 6.17. The molecule has 0 unspecified atom stereocenters. The van der Waals surface area contributed by atoms with E-state index in [0.717, 1.165) is 38.5 Å². The molecule has 1 aromatic carbocycles. The van der Waals surface area contributed by atoms with Gasteiger partial charge < -0.3 is 10.1 Å². The Hall–Kier alpha value is -1.81. The zero-order chi connectivity index (χ0) is 15.2.